The van der Waals surface area contributed by atoms with Gasteiger partial charge in [0, 0.05) is 18.1 Å². The molecule has 0 fully saturated rings. The van der Waals surface area contributed by atoms with Crippen LogP contribution in [-0.2, 0) is 13.1 Å². The molecule has 30 heavy (non-hydrogen) atoms. The van der Waals surface area contributed by atoms with Crippen LogP contribution in [0.4, 0.5) is 0 Å². The number of furan rings is 1. The summed E-state index contributed by atoms with van der Waals surface area (Å²) in [5.74, 6) is 3.87. The minimum atomic E-state index is -0.675. The van der Waals surface area contributed by atoms with Crippen LogP contribution in [0, 0.1) is 6.92 Å². The zero-order chi connectivity index (χ0) is 20.9. The Kier molecular flexibility index (Phi) is 6.47. The summed E-state index contributed by atoms with van der Waals surface area (Å²) >= 11 is 5.90. The Hall–Kier alpha value is -2.67. The van der Waals surface area contributed by atoms with Gasteiger partial charge in [0.2, 0.25) is 6.79 Å². The number of hydrogen-bond acceptors (Lipinski definition) is 6. The summed E-state index contributed by atoms with van der Waals surface area (Å²) in [7, 11) is 0. The molecule has 0 bridgehead atoms. The fourth-order valence-electron chi connectivity index (χ4n) is 3.35. The molecule has 6 nitrogen and oxygen atoms in total. The second-order valence-corrected chi connectivity index (χ2v) is 7.72. The third-order valence-corrected chi connectivity index (χ3v) is 5.00. The average Bonchev–Trinajstić information content (AvgIpc) is 3.35. The zero-order valence-electron chi connectivity index (χ0n) is 16.7. The first-order chi connectivity index (χ1) is 14.5. The Morgan fingerprint density at radius 3 is 2.60 bits per heavy atom. The summed E-state index contributed by atoms with van der Waals surface area (Å²) < 4.78 is 22.3. The van der Waals surface area contributed by atoms with Gasteiger partial charge in [0.25, 0.3) is 0 Å². The molecule has 0 saturated carbocycles. The van der Waals surface area contributed by atoms with E-state index in [0.29, 0.717) is 30.4 Å². The van der Waals surface area contributed by atoms with E-state index in [9.17, 15) is 5.11 Å². The third-order valence-electron chi connectivity index (χ3n) is 4.74. The Labute approximate surface area is 180 Å². The standard InChI is InChI=1S/C23H24ClNO5/c1-16-2-6-21(30-16)13-25(11-17-3-9-22-23(10-17)29-15-28-22)12-19(26)14-27-20-7-4-18(24)5-8-20/h2-10,19,26H,11-15H2,1H3/t19-/m0/s1. The lowest BCUT2D eigenvalue weighted by Crippen LogP contribution is -2.35. The lowest BCUT2D eigenvalue weighted by Gasteiger charge is -2.24. The molecule has 0 amide bonds. The molecule has 0 unspecified atom stereocenters. The fourth-order valence-corrected chi connectivity index (χ4v) is 3.47. The minimum Gasteiger partial charge on any atom is -0.491 e. The van der Waals surface area contributed by atoms with Gasteiger partial charge in [-0.15, -0.1) is 0 Å². The van der Waals surface area contributed by atoms with E-state index in [-0.39, 0.29) is 13.4 Å². The minimum absolute atomic E-state index is 0.177. The first-order valence-electron chi connectivity index (χ1n) is 9.78. The fraction of sp³-hybridized carbons (Fsp3) is 0.304. The second-order valence-electron chi connectivity index (χ2n) is 7.29. The van der Waals surface area contributed by atoms with Gasteiger partial charge in [-0.2, -0.15) is 0 Å². The second kappa shape index (κ2) is 9.43. The highest BCUT2D eigenvalue weighted by Crippen LogP contribution is 2.33. The Morgan fingerprint density at radius 1 is 1.03 bits per heavy atom. The smallest absolute Gasteiger partial charge is 0.231 e. The monoisotopic (exact) mass is 429 g/mol. The SMILES string of the molecule is Cc1ccc(CN(Cc2ccc3c(c2)OCO3)C[C@H](O)COc2ccc(Cl)cc2)o1. The van der Waals surface area contributed by atoms with Crippen molar-refractivity contribution in [2.45, 2.75) is 26.1 Å². The lowest BCUT2D eigenvalue weighted by molar-refractivity contribution is 0.0603. The van der Waals surface area contributed by atoms with Gasteiger partial charge in [0.15, 0.2) is 11.5 Å². The van der Waals surface area contributed by atoms with Crippen LogP contribution >= 0.6 is 11.6 Å². The van der Waals surface area contributed by atoms with Crippen molar-refractivity contribution in [1.82, 2.24) is 4.90 Å². The zero-order valence-corrected chi connectivity index (χ0v) is 17.5. The molecule has 2 heterocycles. The summed E-state index contributed by atoms with van der Waals surface area (Å²) in [4.78, 5) is 2.12. The van der Waals surface area contributed by atoms with Gasteiger partial charge in [-0.3, -0.25) is 4.90 Å². The molecule has 1 aromatic heterocycles. The van der Waals surface area contributed by atoms with E-state index >= 15 is 0 Å². The molecule has 7 heteroatoms. The van der Waals surface area contributed by atoms with E-state index in [1.165, 1.54) is 0 Å². The Bertz CT molecular complexity index is 972. The highest BCUT2D eigenvalue weighted by atomic mass is 35.5. The van der Waals surface area contributed by atoms with Gasteiger partial charge in [0.05, 0.1) is 6.54 Å². The quantitative estimate of drug-likeness (QED) is 0.543. The maximum atomic E-state index is 10.6. The molecule has 1 atom stereocenters. The number of aryl methyl sites for hydroxylation is 1. The number of hydrogen-bond donors (Lipinski definition) is 1. The molecule has 0 saturated heterocycles. The predicted molar refractivity (Wildman–Crippen MR) is 113 cm³/mol. The van der Waals surface area contributed by atoms with Crippen LogP contribution in [0.5, 0.6) is 17.2 Å². The summed E-state index contributed by atoms with van der Waals surface area (Å²) in [5.41, 5.74) is 1.06. The maximum absolute atomic E-state index is 10.6. The summed E-state index contributed by atoms with van der Waals surface area (Å²) in [6, 6.07) is 16.9. The summed E-state index contributed by atoms with van der Waals surface area (Å²) in [6.07, 6.45) is -0.675. The van der Waals surface area contributed by atoms with Crippen molar-refractivity contribution in [3.8, 4) is 17.2 Å². The molecule has 3 aromatic rings. The molecule has 1 aliphatic rings. The first kappa shape index (κ1) is 20.6. The number of halogens is 1. The van der Waals surface area contributed by atoms with Gasteiger partial charge in [-0.05, 0) is 61.0 Å². The molecule has 2 aromatic carbocycles. The van der Waals surface area contributed by atoms with Crippen LogP contribution in [0.3, 0.4) is 0 Å². The number of benzene rings is 2. The topological polar surface area (TPSA) is 64.3 Å². The van der Waals surface area contributed by atoms with Crippen LogP contribution in [0.15, 0.2) is 59.0 Å². The van der Waals surface area contributed by atoms with Gasteiger partial charge >= 0.3 is 0 Å². The van der Waals surface area contributed by atoms with Gasteiger partial charge < -0.3 is 23.7 Å². The number of ether oxygens (including phenoxy) is 3. The predicted octanol–water partition coefficient (Wildman–Crippen LogP) is 4.41. The van der Waals surface area contributed by atoms with Crippen LogP contribution in [0.1, 0.15) is 17.1 Å². The Balaban J connectivity index is 1.40. The molecule has 1 N–H and O–H groups in total. The van der Waals surface area contributed by atoms with Crippen molar-refractivity contribution in [3.63, 3.8) is 0 Å². The highest BCUT2D eigenvalue weighted by molar-refractivity contribution is 6.30. The molecule has 1 aliphatic heterocycles. The molecular weight excluding hydrogens is 406 g/mol. The Morgan fingerprint density at radius 2 is 1.83 bits per heavy atom. The molecule has 4 rings (SSSR count). The first-order valence-corrected chi connectivity index (χ1v) is 10.2. The van der Waals surface area contributed by atoms with Gasteiger partial charge in [-0.1, -0.05) is 17.7 Å². The van der Waals surface area contributed by atoms with Crippen molar-refractivity contribution >= 4 is 11.6 Å². The number of fused-ring (bicyclic) bond motifs is 1. The largest absolute Gasteiger partial charge is 0.491 e. The normalized spacial score (nSPS) is 13.6. The van der Waals surface area contributed by atoms with E-state index < -0.39 is 6.10 Å². The van der Waals surface area contributed by atoms with Crippen molar-refractivity contribution in [2.75, 3.05) is 19.9 Å². The van der Waals surface area contributed by atoms with E-state index in [4.69, 9.17) is 30.2 Å². The summed E-state index contributed by atoms with van der Waals surface area (Å²) in [6.45, 7) is 3.95. The molecule has 0 radical (unpaired) electrons. The molecule has 0 aliphatic carbocycles. The van der Waals surface area contributed by atoms with Crippen molar-refractivity contribution in [2.24, 2.45) is 0 Å². The van der Waals surface area contributed by atoms with Crippen molar-refractivity contribution in [3.05, 3.63) is 76.7 Å². The molecular formula is C23H24ClNO5. The van der Waals surface area contributed by atoms with Crippen molar-refractivity contribution in [1.29, 1.82) is 0 Å². The lowest BCUT2D eigenvalue weighted by atomic mass is 10.1. The number of aliphatic hydroxyl groups excluding tert-OH is 1. The van der Waals surface area contributed by atoms with Gasteiger partial charge in [0.1, 0.15) is 30.0 Å². The van der Waals surface area contributed by atoms with Gasteiger partial charge in [-0.25, -0.2) is 0 Å². The molecule has 158 valence electrons. The van der Waals surface area contributed by atoms with E-state index in [2.05, 4.69) is 4.90 Å². The number of rotatable bonds is 9. The summed E-state index contributed by atoms with van der Waals surface area (Å²) in [5, 5.41) is 11.2. The third kappa shape index (κ3) is 5.48. The van der Waals surface area contributed by atoms with Crippen LogP contribution in [-0.4, -0.2) is 36.1 Å². The van der Waals surface area contributed by atoms with E-state index in [1.54, 1.807) is 24.3 Å². The van der Waals surface area contributed by atoms with E-state index in [0.717, 1.165) is 28.6 Å². The van der Waals surface area contributed by atoms with Crippen molar-refractivity contribution < 1.29 is 23.7 Å². The highest BCUT2D eigenvalue weighted by Gasteiger charge is 2.18. The maximum Gasteiger partial charge on any atom is 0.231 e. The van der Waals surface area contributed by atoms with Crippen LogP contribution in [0.2, 0.25) is 5.02 Å². The number of aliphatic hydroxyl groups is 1. The van der Waals surface area contributed by atoms with E-state index in [1.807, 2.05) is 37.3 Å². The average molecular weight is 430 g/mol. The number of nitrogens with zero attached hydrogens (tertiary/aromatic N) is 1. The van der Waals surface area contributed by atoms with Crippen LogP contribution < -0.4 is 14.2 Å². The van der Waals surface area contributed by atoms with Crippen LogP contribution in [0.25, 0.3) is 0 Å². The molecule has 0 spiro atoms.